The smallest absolute Gasteiger partial charge is 0.250 e. The normalized spacial score (nSPS) is 12.5. The molecule has 0 heterocycles. The van der Waals surface area contributed by atoms with Gasteiger partial charge in [-0.25, -0.2) is 17.0 Å². The fraction of sp³-hybridized carbons (Fsp3) is 0.250. The van der Waals surface area contributed by atoms with Gasteiger partial charge in [-0.2, -0.15) is 4.36 Å². The van der Waals surface area contributed by atoms with Gasteiger partial charge in [0, 0.05) is 32.9 Å². The van der Waals surface area contributed by atoms with Crippen molar-refractivity contribution in [1.29, 1.82) is 0 Å². The topological polar surface area (TPSA) is 63.6 Å². The lowest BCUT2D eigenvalue weighted by atomic mass is 10.3. The summed E-state index contributed by atoms with van der Waals surface area (Å²) in [7, 11) is -1.43. The average molecular weight is 286 g/mol. The SMILES string of the molecule is CS(C)(=O)=Nc1ccc(S(=O)(=O)Cl)cc1F. The molecule has 0 saturated heterocycles. The molecule has 0 aromatic heterocycles. The zero-order valence-corrected chi connectivity index (χ0v) is 10.9. The number of rotatable bonds is 2. The minimum atomic E-state index is -3.97. The van der Waals surface area contributed by atoms with Crippen LogP contribution >= 0.6 is 10.7 Å². The first-order valence-electron chi connectivity index (χ1n) is 4.01. The first-order valence-corrected chi connectivity index (χ1v) is 8.65. The average Bonchev–Trinajstić information content (AvgIpc) is 2.04. The van der Waals surface area contributed by atoms with Crippen LogP contribution in [-0.4, -0.2) is 25.1 Å². The Morgan fingerprint density at radius 1 is 1.25 bits per heavy atom. The fourth-order valence-corrected chi connectivity index (χ4v) is 2.33. The predicted octanol–water partition coefficient (Wildman–Crippen LogP) is 2.11. The van der Waals surface area contributed by atoms with Gasteiger partial charge in [-0.05, 0) is 18.2 Å². The summed E-state index contributed by atoms with van der Waals surface area (Å²) >= 11 is 0. The minimum absolute atomic E-state index is 0.154. The predicted molar refractivity (Wildman–Crippen MR) is 61.5 cm³/mol. The molecule has 90 valence electrons. The summed E-state index contributed by atoms with van der Waals surface area (Å²) in [6.45, 7) is 0. The Bertz CT molecular complexity index is 625. The molecular weight excluding hydrogens is 277 g/mol. The Kier molecular flexibility index (Phi) is 3.61. The third kappa shape index (κ3) is 3.73. The molecule has 0 spiro atoms. The summed E-state index contributed by atoms with van der Waals surface area (Å²) in [6, 6.07) is 2.97. The molecule has 0 saturated carbocycles. The first-order chi connectivity index (χ1) is 7.09. The van der Waals surface area contributed by atoms with Crippen molar-refractivity contribution >= 4 is 35.1 Å². The zero-order chi connectivity index (χ0) is 12.6. The summed E-state index contributed by atoms with van der Waals surface area (Å²) in [6.07, 6.45) is 2.69. The van der Waals surface area contributed by atoms with Crippen LogP contribution in [0.2, 0.25) is 0 Å². The molecule has 1 rings (SSSR count). The third-order valence-corrected chi connectivity index (χ3v) is 3.51. The highest BCUT2D eigenvalue weighted by Gasteiger charge is 2.13. The van der Waals surface area contributed by atoms with Crippen LogP contribution in [0, 0.1) is 5.82 Å². The Morgan fingerprint density at radius 3 is 2.19 bits per heavy atom. The molecule has 0 radical (unpaired) electrons. The maximum absolute atomic E-state index is 13.4. The van der Waals surface area contributed by atoms with E-state index in [9.17, 15) is 17.0 Å². The molecule has 0 bridgehead atoms. The second-order valence-electron chi connectivity index (χ2n) is 3.32. The van der Waals surface area contributed by atoms with E-state index in [1.807, 2.05) is 0 Å². The van der Waals surface area contributed by atoms with Crippen LogP contribution < -0.4 is 0 Å². The third-order valence-electron chi connectivity index (χ3n) is 1.52. The highest BCUT2D eigenvalue weighted by molar-refractivity contribution is 8.13. The number of nitrogens with zero attached hydrogens (tertiary/aromatic N) is 1. The zero-order valence-electron chi connectivity index (χ0n) is 8.48. The summed E-state index contributed by atoms with van der Waals surface area (Å²) in [5.41, 5.74) is -0.154. The van der Waals surface area contributed by atoms with Crippen molar-refractivity contribution in [2.24, 2.45) is 4.36 Å². The van der Waals surface area contributed by atoms with Gasteiger partial charge in [0.25, 0.3) is 9.05 Å². The van der Waals surface area contributed by atoms with Crippen molar-refractivity contribution in [3.8, 4) is 0 Å². The van der Waals surface area contributed by atoms with Crippen LogP contribution in [-0.2, 0) is 18.8 Å². The van der Waals surface area contributed by atoms with Crippen LogP contribution in [0.3, 0.4) is 0 Å². The molecule has 4 nitrogen and oxygen atoms in total. The summed E-state index contributed by atoms with van der Waals surface area (Å²) in [5, 5.41) is 0. The molecule has 0 atom stereocenters. The van der Waals surface area contributed by atoms with Gasteiger partial charge >= 0.3 is 0 Å². The van der Waals surface area contributed by atoms with Gasteiger partial charge in [-0.15, -0.1) is 0 Å². The molecule has 0 unspecified atom stereocenters. The van der Waals surface area contributed by atoms with E-state index in [1.54, 1.807) is 0 Å². The Balaban J connectivity index is 3.38. The number of hydrogen-bond donors (Lipinski definition) is 0. The molecule has 1 aromatic rings. The maximum atomic E-state index is 13.4. The summed E-state index contributed by atoms with van der Waals surface area (Å²) < 4.78 is 50.1. The van der Waals surface area contributed by atoms with Crippen molar-refractivity contribution in [3.05, 3.63) is 24.0 Å². The lowest BCUT2D eigenvalue weighted by molar-refractivity contribution is 0.603. The molecule has 0 aliphatic rings. The van der Waals surface area contributed by atoms with Crippen LogP contribution in [0.4, 0.5) is 10.1 Å². The van der Waals surface area contributed by atoms with Gasteiger partial charge in [0.1, 0.15) is 5.69 Å². The fourth-order valence-electron chi connectivity index (χ4n) is 0.950. The van der Waals surface area contributed by atoms with Crippen LogP contribution in [0.5, 0.6) is 0 Å². The van der Waals surface area contributed by atoms with Gasteiger partial charge in [0.15, 0.2) is 5.82 Å². The molecule has 0 amide bonds. The van der Waals surface area contributed by atoms with E-state index in [0.29, 0.717) is 0 Å². The number of benzene rings is 1. The highest BCUT2D eigenvalue weighted by atomic mass is 35.7. The number of halogens is 2. The Labute approximate surface area is 98.0 Å². The van der Waals surface area contributed by atoms with Gasteiger partial charge in [-0.1, -0.05) is 0 Å². The van der Waals surface area contributed by atoms with E-state index < -0.39 is 24.6 Å². The Hall–Kier alpha value is -0.660. The van der Waals surface area contributed by atoms with Crippen molar-refractivity contribution in [3.63, 3.8) is 0 Å². The second-order valence-corrected chi connectivity index (χ2v) is 8.43. The van der Waals surface area contributed by atoms with Gasteiger partial charge in [0.2, 0.25) is 0 Å². The summed E-state index contributed by atoms with van der Waals surface area (Å²) in [4.78, 5) is -0.357. The first kappa shape index (κ1) is 13.4. The quantitative estimate of drug-likeness (QED) is 0.782. The van der Waals surface area contributed by atoms with Crippen LogP contribution in [0.15, 0.2) is 27.5 Å². The molecule has 0 fully saturated rings. The summed E-state index contributed by atoms with van der Waals surface area (Å²) in [5.74, 6) is -0.877. The molecule has 1 aromatic carbocycles. The highest BCUT2D eigenvalue weighted by Crippen LogP contribution is 2.24. The molecule has 16 heavy (non-hydrogen) atoms. The van der Waals surface area contributed by atoms with Gasteiger partial charge in [0.05, 0.1) is 4.90 Å². The standard InChI is InChI=1S/C8H9ClFNO3S2/c1-15(2,12)11-8-4-3-6(5-7(8)10)16(9,13)14/h3-5H,1-2H3. The van der Waals surface area contributed by atoms with E-state index in [4.69, 9.17) is 10.7 Å². The van der Waals surface area contributed by atoms with E-state index >= 15 is 0 Å². The van der Waals surface area contributed by atoms with E-state index in [1.165, 1.54) is 12.5 Å². The van der Waals surface area contributed by atoms with Crippen molar-refractivity contribution < 1.29 is 17.0 Å². The molecular formula is C8H9ClFNO3S2. The largest absolute Gasteiger partial charge is 0.261 e. The van der Waals surface area contributed by atoms with E-state index in [2.05, 4.69) is 4.36 Å². The maximum Gasteiger partial charge on any atom is 0.261 e. The molecule has 0 N–H and O–H groups in total. The van der Waals surface area contributed by atoms with Crippen molar-refractivity contribution in [2.75, 3.05) is 12.5 Å². The van der Waals surface area contributed by atoms with E-state index in [0.717, 1.165) is 18.2 Å². The van der Waals surface area contributed by atoms with Crippen molar-refractivity contribution in [1.82, 2.24) is 0 Å². The number of hydrogen-bond acceptors (Lipinski definition) is 4. The van der Waals surface area contributed by atoms with E-state index in [-0.39, 0.29) is 10.6 Å². The minimum Gasteiger partial charge on any atom is -0.250 e. The van der Waals surface area contributed by atoms with Crippen molar-refractivity contribution in [2.45, 2.75) is 4.90 Å². The molecule has 0 aliphatic heterocycles. The Morgan fingerprint density at radius 2 is 1.81 bits per heavy atom. The second kappa shape index (κ2) is 4.31. The molecule has 0 aliphatic carbocycles. The molecule has 8 heteroatoms. The van der Waals surface area contributed by atoms with Crippen LogP contribution in [0.25, 0.3) is 0 Å². The van der Waals surface area contributed by atoms with Crippen LogP contribution in [0.1, 0.15) is 0 Å². The monoisotopic (exact) mass is 285 g/mol. The van der Waals surface area contributed by atoms with Gasteiger partial charge in [-0.3, -0.25) is 0 Å². The lowest BCUT2D eigenvalue weighted by Gasteiger charge is -2.01. The van der Waals surface area contributed by atoms with Gasteiger partial charge < -0.3 is 0 Å². The lowest BCUT2D eigenvalue weighted by Crippen LogP contribution is -1.93.